The number of hydrogen-bond donors (Lipinski definition) is 1. The van der Waals surface area contributed by atoms with Crippen LogP contribution in [0, 0.1) is 3.57 Å². The molecule has 1 amide bonds. The molecule has 3 nitrogen and oxygen atoms in total. The summed E-state index contributed by atoms with van der Waals surface area (Å²) in [6.07, 6.45) is 2.03. The molecule has 1 saturated heterocycles. The van der Waals surface area contributed by atoms with Crippen molar-refractivity contribution in [1.29, 1.82) is 0 Å². The minimum absolute atomic E-state index is 0.00554. The van der Waals surface area contributed by atoms with Gasteiger partial charge in [0.1, 0.15) is 0 Å². The lowest BCUT2D eigenvalue weighted by molar-refractivity contribution is 0.0624. The Kier molecular flexibility index (Phi) is 4.17. The number of amides is 1. The molecule has 1 aromatic rings. The van der Waals surface area contributed by atoms with Gasteiger partial charge in [-0.15, -0.1) is 0 Å². The van der Waals surface area contributed by atoms with Crippen molar-refractivity contribution in [2.24, 2.45) is 0 Å². The van der Waals surface area contributed by atoms with Crippen molar-refractivity contribution >= 4 is 28.5 Å². The normalized spacial score (nSPS) is 20.4. The molecular formula is C12H14INO2. The first-order valence-electron chi connectivity index (χ1n) is 5.40. The predicted octanol–water partition coefficient (Wildman–Crippen LogP) is 2.20. The maximum atomic E-state index is 11.9. The summed E-state index contributed by atoms with van der Waals surface area (Å²) in [5, 5.41) is 3.00. The number of nitrogens with one attached hydrogen (secondary N) is 1. The Balaban J connectivity index is 1.97. The second-order valence-corrected chi connectivity index (χ2v) is 5.14. The fourth-order valence-corrected chi connectivity index (χ4v) is 2.30. The number of carbonyl (C=O) groups is 1. The van der Waals surface area contributed by atoms with E-state index < -0.39 is 0 Å². The van der Waals surface area contributed by atoms with Crippen LogP contribution in [0.1, 0.15) is 23.2 Å². The van der Waals surface area contributed by atoms with Crippen LogP contribution in [0.3, 0.4) is 0 Å². The third-order valence-electron chi connectivity index (χ3n) is 2.58. The molecule has 1 heterocycles. The first-order chi connectivity index (χ1) is 7.75. The molecule has 1 aliphatic rings. The highest BCUT2D eigenvalue weighted by Crippen LogP contribution is 2.10. The summed E-state index contributed by atoms with van der Waals surface area (Å²) in [5.74, 6) is -0.00554. The van der Waals surface area contributed by atoms with Crippen LogP contribution in [0.25, 0.3) is 0 Å². The maximum absolute atomic E-state index is 11.9. The van der Waals surface area contributed by atoms with E-state index in [1.165, 1.54) is 0 Å². The molecule has 0 bridgehead atoms. The number of ether oxygens (including phenoxy) is 1. The SMILES string of the molecule is O=C(NC1CCCOC1)c1cccc(I)c1. The van der Waals surface area contributed by atoms with Gasteiger partial charge in [-0.25, -0.2) is 0 Å². The van der Waals surface area contributed by atoms with Gasteiger partial charge in [0.15, 0.2) is 0 Å². The van der Waals surface area contributed by atoms with Crippen molar-refractivity contribution in [2.75, 3.05) is 13.2 Å². The van der Waals surface area contributed by atoms with E-state index in [0.29, 0.717) is 6.61 Å². The summed E-state index contributed by atoms with van der Waals surface area (Å²) >= 11 is 2.20. The van der Waals surface area contributed by atoms with E-state index in [9.17, 15) is 4.79 Å². The highest BCUT2D eigenvalue weighted by molar-refractivity contribution is 14.1. The van der Waals surface area contributed by atoms with Crippen LogP contribution in [0.4, 0.5) is 0 Å². The van der Waals surface area contributed by atoms with E-state index >= 15 is 0 Å². The smallest absolute Gasteiger partial charge is 0.251 e. The zero-order chi connectivity index (χ0) is 11.4. The van der Waals surface area contributed by atoms with Gasteiger partial charge in [-0.2, -0.15) is 0 Å². The molecule has 16 heavy (non-hydrogen) atoms. The van der Waals surface area contributed by atoms with Crippen molar-refractivity contribution in [2.45, 2.75) is 18.9 Å². The van der Waals surface area contributed by atoms with Crippen LogP contribution < -0.4 is 5.32 Å². The third-order valence-corrected chi connectivity index (χ3v) is 3.25. The number of rotatable bonds is 2. The molecule has 1 fully saturated rings. The molecule has 2 rings (SSSR count). The summed E-state index contributed by atoms with van der Waals surface area (Å²) in [6.45, 7) is 1.45. The van der Waals surface area contributed by atoms with Gasteiger partial charge in [0.05, 0.1) is 12.6 Å². The van der Waals surface area contributed by atoms with Crippen molar-refractivity contribution in [1.82, 2.24) is 5.32 Å². The van der Waals surface area contributed by atoms with E-state index in [4.69, 9.17) is 4.74 Å². The van der Waals surface area contributed by atoms with Crippen molar-refractivity contribution in [3.05, 3.63) is 33.4 Å². The topological polar surface area (TPSA) is 38.3 Å². The first kappa shape index (κ1) is 11.9. The van der Waals surface area contributed by atoms with E-state index in [1.54, 1.807) is 0 Å². The first-order valence-corrected chi connectivity index (χ1v) is 6.48. The fraction of sp³-hybridized carbons (Fsp3) is 0.417. The molecule has 0 spiro atoms. The lowest BCUT2D eigenvalue weighted by atomic mass is 10.1. The van der Waals surface area contributed by atoms with Crippen molar-refractivity contribution in [3.8, 4) is 0 Å². The van der Waals surface area contributed by atoms with Gasteiger partial charge in [-0.3, -0.25) is 4.79 Å². The molecule has 1 unspecified atom stereocenters. The van der Waals surface area contributed by atoms with Gasteiger partial charge in [0.2, 0.25) is 0 Å². The highest BCUT2D eigenvalue weighted by atomic mass is 127. The Morgan fingerprint density at radius 2 is 2.38 bits per heavy atom. The van der Waals surface area contributed by atoms with E-state index in [2.05, 4.69) is 27.9 Å². The molecule has 1 aliphatic heterocycles. The largest absolute Gasteiger partial charge is 0.379 e. The summed E-state index contributed by atoms with van der Waals surface area (Å²) in [7, 11) is 0. The van der Waals surface area contributed by atoms with Crippen LogP contribution >= 0.6 is 22.6 Å². The molecule has 86 valence electrons. The average Bonchev–Trinajstić information content (AvgIpc) is 2.30. The molecule has 0 saturated carbocycles. The molecule has 1 N–H and O–H groups in total. The molecular weight excluding hydrogens is 317 g/mol. The van der Waals surface area contributed by atoms with Crippen LogP contribution in [-0.2, 0) is 4.74 Å². The monoisotopic (exact) mass is 331 g/mol. The minimum atomic E-state index is -0.00554. The maximum Gasteiger partial charge on any atom is 0.251 e. The van der Waals surface area contributed by atoms with Gasteiger partial charge in [0.25, 0.3) is 5.91 Å². The highest BCUT2D eigenvalue weighted by Gasteiger charge is 2.16. The second kappa shape index (κ2) is 5.63. The van der Waals surface area contributed by atoms with E-state index in [0.717, 1.165) is 28.6 Å². The average molecular weight is 331 g/mol. The Morgan fingerprint density at radius 1 is 1.50 bits per heavy atom. The Labute approximate surface area is 109 Å². The van der Waals surface area contributed by atoms with Crippen LogP contribution in [-0.4, -0.2) is 25.2 Å². The molecule has 4 heteroatoms. The zero-order valence-electron chi connectivity index (χ0n) is 8.91. The Bertz CT molecular complexity index is 375. The van der Waals surface area contributed by atoms with Gasteiger partial charge >= 0.3 is 0 Å². The standard InChI is InChI=1S/C12H14INO2/c13-10-4-1-3-9(7-10)12(15)14-11-5-2-6-16-8-11/h1,3-4,7,11H,2,5-6,8H2,(H,14,15). The van der Waals surface area contributed by atoms with Crippen LogP contribution in [0.15, 0.2) is 24.3 Å². The lowest BCUT2D eigenvalue weighted by Crippen LogP contribution is -2.40. The summed E-state index contributed by atoms with van der Waals surface area (Å²) in [6, 6.07) is 7.76. The number of carbonyl (C=O) groups excluding carboxylic acids is 1. The quantitative estimate of drug-likeness (QED) is 0.844. The van der Waals surface area contributed by atoms with Gasteiger partial charge in [0, 0.05) is 15.7 Å². The zero-order valence-corrected chi connectivity index (χ0v) is 11.1. The summed E-state index contributed by atoms with van der Waals surface area (Å²) < 4.78 is 6.40. The van der Waals surface area contributed by atoms with Gasteiger partial charge < -0.3 is 10.1 Å². The number of benzene rings is 1. The van der Waals surface area contributed by atoms with E-state index in [1.807, 2.05) is 24.3 Å². The van der Waals surface area contributed by atoms with E-state index in [-0.39, 0.29) is 11.9 Å². The predicted molar refractivity (Wildman–Crippen MR) is 70.5 cm³/mol. The minimum Gasteiger partial charge on any atom is -0.379 e. The molecule has 0 aliphatic carbocycles. The number of halogens is 1. The van der Waals surface area contributed by atoms with Crippen molar-refractivity contribution < 1.29 is 9.53 Å². The summed E-state index contributed by atoms with van der Waals surface area (Å²) in [4.78, 5) is 11.9. The fourth-order valence-electron chi connectivity index (χ4n) is 1.75. The summed E-state index contributed by atoms with van der Waals surface area (Å²) in [5.41, 5.74) is 0.720. The number of hydrogen-bond acceptors (Lipinski definition) is 2. The second-order valence-electron chi connectivity index (χ2n) is 3.90. The van der Waals surface area contributed by atoms with Gasteiger partial charge in [-0.05, 0) is 53.6 Å². The molecule has 0 aromatic heterocycles. The Morgan fingerprint density at radius 3 is 3.06 bits per heavy atom. The molecule has 0 radical (unpaired) electrons. The molecule has 1 aromatic carbocycles. The molecule has 1 atom stereocenters. The van der Waals surface area contributed by atoms with Crippen LogP contribution in [0.2, 0.25) is 0 Å². The lowest BCUT2D eigenvalue weighted by Gasteiger charge is -2.23. The third kappa shape index (κ3) is 3.18. The Hall–Kier alpha value is -0.620. The van der Waals surface area contributed by atoms with Crippen LogP contribution in [0.5, 0.6) is 0 Å². The van der Waals surface area contributed by atoms with Gasteiger partial charge in [-0.1, -0.05) is 6.07 Å². The van der Waals surface area contributed by atoms with Crippen molar-refractivity contribution in [3.63, 3.8) is 0 Å².